The van der Waals surface area contributed by atoms with Crippen molar-refractivity contribution >= 4 is 11.6 Å². The van der Waals surface area contributed by atoms with Gasteiger partial charge in [-0.1, -0.05) is 6.07 Å². The van der Waals surface area contributed by atoms with Crippen LogP contribution in [0.1, 0.15) is 12.0 Å². The third-order valence-corrected chi connectivity index (χ3v) is 2.53. The summed E-state index contributed by atoms with van der Waals surface area (Å²) in [4.78, 5) is 21.7. The Morgan fingerprint density at radius 3 is 2.79 bits per heavy atom. The maximum atomic E-state index is 11.4. The van der Waals surface area contributed by atoms with Gasteiger partial charge in [0.05, 0.1) is 12.0 Å². The minimum absolute atomic E-state index is 0.104. The van der Waals surface area contributed by atoms with Crippen molar-refractivity contribution < 1.29 is 14.5 Å². The first-order chi connectivity index (χ1) is 9.08. The minimum atomic E-state index is -0.509. The SMILES string of the molecule is CNCCC(=O)NCc1ccc(OC)c([N+](=O)[O-])c1. The van der Waals surface area contributed by atoms with Crippen LogP contribution in [0.3, 0.4) is 0 Å². The number of carbonyl (C=O) groups is 1. The van der Waals surface area contributed by atoms with Gasteiger partial charge in [0.2, 0.25) is 5.91 Å². The maximum Gasteiger partial charge on any atom is 0.311 e. The number of benzene rings is 1. The van der Waals surface area contributed by atoms with Crippen molar-refractivity contribution in [3.63, 3.8) is 0 Å². The quantitative estimate of drug-likeness (QED) is 0.563. The van der Waals surface area contributed by atoms with E-state index in [1.54, 1.807) is 13.1 Å². The second kappa shape index (κ2) is 7.32. The molecule has 0 heterocycles. The molecule has 19 heavy (non-hydrogen) atoms. The zero-order valence-electron chi connectivity index (χ0n) is 10.9. The van der Waals surface area contributed by atoms with Gasteiger partial charge in [0.15, 0.2) is 5.75 Å². The lowest BCUT2D eigenvalue weighted by Gasteiger charge is -2.07. The van der Waals surface area contributed by atoms with Gasteiger partial charge in [0, 0.05) is 25.6 Å². The Hall–Kier alpha value is -2.15. The standard InChI is InChI=1S/C12H17N3O4/c1-13-6-5-12(16)14-8-9-3-4-11(19-2)10(7-9)15(17)18/h3-4,7,13H,5-6,8H2,1-2H3,(H,14,16). The lowest BCUT2D eigenvalue weighted by molar-refractivity contribution is -0.385. The normalized spacial score (nSPS) is 10.0. The molecule has 0 aliphatic heterocycles. The van der Waals surface area contributed by atoms with Crippen molar-refractivity contribution in [2.75, 3.05) is 20.7 Å². The second-order valence-corrected chi connectivity index (χ2v) is 3.89. The minimum Gasteiger partial charge on any atom is -0.490 e. The summed E-state index contributed by atoms with van der Waals surface area (Å²) in [5.74, 6) is 0.100. The summed E-state index contributed by atoms with van der Waals surface area (Å²) in [6, 6.07) is 4.61. The van der Waals surface area contributed by atoms with E-state index in [0.717, 1.165) is 0 Å². The van der Waals surface area contributed by atoms with Gasteiger partial charge < -0.3 is 15.4 Å². The number of methoxy groups -OCH3 is 1. The summed E-state index contributed by atoms with van der Waals surface area (Å²) in [7, 11) is 3.14. The van der Waals surface area contributed by atoms with Crippen LogP contribution in [0.15, 0.2) is 18.2 Å². The Kier molecular flexibility index (Phi) is 5.74. The number of carbonyl (C=O) groups excluding carboxylic acids is 1. The van der Waals surface area contributed by atoms with Gasteiger partial charge in [-0.25, -0.2) is 0 Å². The summed E-state index contributed by atoms with van der Waals surface area (Å²) >= 11 is 0. The zero-order valence-corrected chi connectivity index (χ0v) is 10.9. The molecular formula is C12H17N3O4. The molecule has 0 aliphatic rings. The lowest BCUT2D eigenvalue weighted by atomic mass is 10.2. The van der Waals surface area contributed by atoms with Crippen molar-refractivity contribution in [2.45, 2.75) is 13.0 Å². The van der Waals surface area contributed by atoms with Crippen LogP contribution in [0.4, 0.5) is 5.69 Å². The third-order valence-electron chi connectivity index (χ3n) is 2.53. The molecule has 0 radical (unpaired) electrons. The molecule has 0 saturated heterocycles. The topological polar surface area (TPSA) is 93.5 Å². The number of rotatable bonds is 7. The first kappa shape index (κ1) is 14.9. The average Bonchev–Trinajstić information content (AvgIpc) is 2.42. The fourth-order valence-electron chi connectivity index (χ4n) is 1.52. The Labute approximate surface area is 111 Å². The van der Waals surface area contributed by atoms with E-state index in [9.17, 15) is 14.9 Å². The van der Waals surface area contributed by atoms with Crippen LogP contribution in [0.2, 0.25) is 0 Å². The van der Waals surface area contributed by atoms with Crippen LogP contribution >= 0.6 is 0 Å². The van der Waals surface area contributed by atoms with Gasteiger partial charge >= 0.3 is 5.69 Å². The highest BCUT2D eigenvalue weighted by molar-refractivity contribution is 5.76. The monoisotopic (exact) mass is 267 g/mol. The summed E-state index contributed by atoms with van der Waals surface area (Å²) < 4.78 is 4.90. The molecule has 0 aromatic heterocycles. The molecule has 0 saturated carbocycles. The van der Waals surface area contributed by atoms with Crippen LogP contribution < -0.4 is 15.4 Å². The highest BCUT2D eigenvalue weighted by Gasteiger charge is 2.15. The Bertz CT molecular complexity index is 462. The molecular weight excluding hydrogens is 250 g/mol. The molecule has 1 rings (SSSR count). The highest BCUT2D eigenvalue weighted by atomic mass is 16.6. The van der Waals surface area contributed by atoms with Gasteiger partial charge in [0.25, 0.3) is 0 Å². The Morgan fingerprint density at radius 1 is 1.47 bits per heavy atom. The van der Waals surface area contributed by atoms with Gasteiger partial charge in [-0.3, -0.25) is 14.9 Å². The number of ether oxygens (including phenoxy) is 1. The molecule has 2 N–H and O–H groups in total. The Morgan fingerprint density at radius 2 is 2.21 bits per heavy atom. The molecule has 1 aromatic carbocycles. The predicted molar refractivity (Wildman–Crippen MR) is 70.0 cm³/mol. The van der Waals surface area contributed by atoms with Crippen LogP contribution in [-0.4, -0.2) is 31.5 Å². The molecule has 7 nitrogen and oxygen atoms in total. The van der Waals surface area contributed by atoms with Crippen molar-refractivity contribution in [2.24, 2.45) is 0 Å². The van der Waals surface area contributed by atoms with Crippen molar-refractivity contribution in [1.82, 2.24) is 10.6 Å². The lowest BCUT2D eigenvalue weighted by Crippen LogP contribution is -2.26. The maximum absolute atomic E-state index is 11.4. The van der Waals surface area contributed by atoms with E-state index in [4.69, 9.17) is 4.74 Å². The number of nitrogens with one attached hydrogen (secondary N) is 2. The van der Waals surface area contributed by atoms with E-state index < -0.39 is 4.92 Å². The highest BCUT2D eigenvalue weighted by Crippen LogP contribution is 2.27. The molecule has 0 aliphatic carbocycles. The molecule has 7 heteroatoms. The van der Waals surface area contributed by atoms with E-state index in [0.29, 0.717) is 18.5 Å². The zero-order chi connectivity index (χ0) is 14.3. The van der Waals surface area contributed by atoms with Gasteiger partial charge in [-0.15, -0.1) is 0 Å². The fourth-order valence-corrected chi connectivity index (χ4v) is 1.52. The average molecular weight is 267 g/mol. The Balaban J connectivity index is 2.67. The second-order valence-electron chi connectivity index (χ2n) is 3.89. The van der Waals surface area contributed by atoms with E-state index in [1.165, 1.54) is 19.2 Å². The van der Waals surface area contributed by atoms with Crippen LogP contribution in [0, 0.1) is 10.1 Å². The molecule has 0 bridgehead atoms. The molecule has 0 unspecified atom stereocenters. The molecule has 1 amide bonds. The van der Waals surface area contributed by atoms with E-state index in [1.807, 2.05) is 0 Å². The smallest absolute Gasteiger partial charge is 0.311 e. The van der Waals surface area contributed by atoms with Crippen molar-refractivity contribution in [3.8, 4) is 5.75 Å². The largest absolute Gasteiger partial charge is 0.490 e. The molecule has 1 aromatic rings. The number of hydrogen-bond acceptors (Lipinski definition) is 5. The van der Waals surface area contributed by atoms with Gasteiger partial charge in [-0.05, 0) is 18.7 Å². The van der Waals surface area contributed by atoms with E-state index >= 15 is 0 Å². The fraction of sp³-hybridized carbons (Fsp3) is 0.417. The van der Waals surface area contributed by atoms with Crippen LogP contribution in [0.25, 0.3) is 0 Å². The molecule has 0 spiro atoms. The first-order valence-corrected chi connectivity index (χ1v) is 5.81. The van der Waals surface area contributed by atoms with E-state index in [-0.39, 0.29) is 23.9 Å². The van der Waals surface area contributed by atoms with Crippen LogP contribution in [0.5, 0.6) is 5.75 Å². The third kappa shape index (κ3) is 4.55. The van der Waals surface area contributed by atoms with Crippen LogP contribution in [-0.2, 0) is 11.3 Å². The van der Waals surface area contributed by atoms with Crippen molar-refractivity contribution in [1.29, 1.82) is 0 Å². The summed E-state index contributed by atoms with van der Waals surface area (Å²) in [5.41, 5.74) is 0.551. The molecule has 0 fully saturated rings. The number of nitrogens with zero attached hydrogens (tertiary/aromatic N) is 1. The number of nitro groups is 1. The predicted octanol–water partition coefficient (Wildman–Crippen LogP) is 0.829. The molecule has 0 atom stereocenters. The van der Waals surface area contributed by atoms with Gasteiger partial charge in [0.1, 0.15) is 0 Å². The summed E-state index contributed by atoms with van der Waals surface area (Å²) in [6.45, 7) is 0.849. The van der Waals surface area contributed by atoms with Gasteiger partial charge in [-0.2, -0.15) is 0 Å². The van der Waals surface area contributed by atoms with Crippen molar-refractivity contribution in [3.05, 3.63) is 33.9 Å². The number of hydrogen-bond donors (Lipinski definition) is 2. The molecule has 104 valence electrons. The first-order valence-electron chi connectivity index (χ1n) is 5.81. The van der Waals surface area contributed by atoms with E-state index in [2.05, 4.69) is 10.6 Å². The summed E-state index contributed by atoms with van der Waals surface area (Å²) in [5, 5.41) is 16.4. The number of nitro benzene ring substituents is 1. The summed E-state index contributed by atoms with van der Waals surface area (Å²) in [6.07, 6.45) is 0.370. The number of amides is 1.